The number of hydrogen-bond donors (Lipinski definition) is 2. The van der Waals surface area contributed by atoms with Crippen LogP contribution in [0.2, 0.25) is 0 Å². The van der Waals surface area contributed by atoms with Crippen molar-refractivity contribution in [3.05, 3.63) is 29.8 Å². The first-order chi connectivity index (χ1) is 6.98. The van der Waals surface area contributed by atoms with Crippen LogP contribution >= 0.6 is 0 Å². The van der Waals surface area contributed by atoms with Crippen LogP contribution in [-0.2, 0) is 0 Å². The van der Waals surface area contributed by atoms with E-state index in [1.807, 2.05) is 0 Å². The molecule has 0 saturated carbocycles. The maximum Gasteiger partial charge on any atom is 0.418 e. The number of halogens is 3. The van der Waals surface area contributed by atoms with Gasteiger partial charge in [0, 0.05) is 0 Å². The lowest BCUT2D eigenvalue weighted by Crippen LogP contribution is -2.85. The second-order valence-corrected chi connectivity index (χ2v) is 3.67. The maximum atomic E-state index is 12.2. The lowest BCUT2D eigenvalue weighted by molar-refractivity contribution is -0.678. The summed E-state index contributed by atoms with van der Waals surface area (Å²) in [6, 6.07) is 5.93. The van der Waals surface area contributed by atoms with Gasteiger partial charge in [0.25, 0.3) is 0 Å². The van der Waals surface area contributed by atoms with Gasteiger partial charge in [0.05, 0.1) is 0 Å². The fraction of sp³-hybridized carbons (Fsp3) is 0.400. The molecule has 1 aromatic carbocycles. The lowest BCUT2D eigenvalue weighted by atomic mass is 10.1. The minimum absolute atomic E-state index is 0.104. The Hall–Kier alpha value is -1.07. The van der Waals surface area contributed by atoms with Crippen LogP contribution in [0.15, 0.2) is 24.3 Å². The topological polar surface area (TPSA) is 24.7 Å². The van der Waals surface area contributed by atoms with E-state index in [0.29, 0.717) is 0 Å². The highest BCUT2D eigenvalue weighted by Crippen LogP contribution is 2.32. The zero-order chi connectivity index (χ0) is 11.1. The van der Waals surface area contributed by atoms with Gasteiger partial charge >= 0.3 is 6.18 Å². The average Bonchev–Trinajstić information content (AvgIpc) is 2.99. The van der Waals surface area contributed by atoms with Crippen LogP contribution in [0, 0.1) is 0 Å². The summed E-state index contributed by atoms with van der Waals surface area (Å²) in [6.45, 7) is 2.06. The average molecular weight is 218 g/mol. The predicted molar refractivity (Wildman–Crippen MR) is 47.8 cm³/mol. The third-order valence-corrected chi connectivity index (χ3v) is 2.44. The third kappa shape index (κ3) is 2.30. The maximum absolute atomic E-state index is 12.2. The molecular weight excluding hydrogens is 207 g/mol. The Morgan fingerprint density at radius 3 is 2.07 bits per heavy atom. The second-order valence-electron chi connectivity index (χ2n) is 3.67. The van der Waals surface area contributed by atoms with Crippen molar-refractivity contribution in [2.24, 2.45) is 0 Å². The third-order valence-electron chi connectivity index (χ3n) is 2.44. The van der Waals surface area contributed by atoms with Crippen LogP contribution in [0.3, 0.4) is 0 Å². The number of benzene rings is 1. The molecule has 1 fully saturated rings. The molecule has 2 rings (SSSR count). The molecule has 1 heterocycles. The molecular formula is C10H11F3NO+. The molecule has 0 radical (unpaired) electrons. The quantitative estimate of drug-likeness (QED) is 0.705. The van der Waals surface area contributed by atoms with Crippen LogP contribution < -0.4 is 4.90 Å². The van der Waals surface area contributed by atoms with Crippen LogP contribution in [-0.4, -0.2) is 24.4 Å². The van der Waals surface area contributed by atoms with Gasteiger partial charge < -0.3 is 5.11 Å². The Morgan fingerprint density at radius 2 is 1.67 bits per heavy atom. The van der Waals surface area contributed by atoms with E-state index in [9.17, 15) is 13.2 Å². The lowest BCUT2D eigenvalue weighted by Gasteiger charge is -2.14. The summed E-state index contributed by atoms with van der Waals surface area (Å²) in [5.74, 6) is 0. The highest BCUT2D eigenvalue weighted by atomic mass is 19.4. The number of hydrogen-bond acceptors (Lipinski definition) is 1. The molecule has 0 spiro atoms. The number of nitrogens with one attached hydrogen (secondary N) is 1. The Kier molecular flexibility index (Phi) is 2.44. The van der Waals surface area contributed by atoms with E-state index in [1.54, 1.807) is 12.1 Å². The van der Waals surface area contributed by atoms with Gasteiger partial charge in [-0.1, -0.05) is 12.1 Å². The predicted octanol–water partition coefficient (Wildman–Crippen LogP) is 0.812. The van der Waals surface area contributed by atoms with Crippen molar-refractivity contribution in [1.29, 1.82) is 0 Å². The zero-order valence-corrected chi connectivity index (χ0v) is 7.88. The molecule has 1 atom stereocenters. The summed E-state index contributed by atoms with van der Waals surface area (Å²) in [6.07, 6.45) is -6.97. The standard InChI is InChI=1S/C10H10F3NO/c11-10(12,13)9(15)7-1-3-8(4-2-7)14-5-6-14/h1-4,9,15H,5-6H2/p+1. The van der Waals surface area contributed by atoms with Crippen LogP contribution in [0.1, 0.15) is 11.7 Å². The molecule has 5 heteroatoms. The molecule has 0 amide bonds. The van der Waals surface area contributed by atoms with Crippen LogP contribution in [0.5, 0.6) is 0 Å². The molecule has 2 nitrogen and oxygen atoms in total. The molecule has 2 N–H and O–H groups in total. The Morgan fingerprint density at radius 1 is 1.13 bits per heavy atom. The van der Waals surface area contributed by atoms with Gasteiger partial charge in [-0.3, -0.25) is 4.90 Å². The van der Waals surface area contributed by atoms with Crippen molar-refractivity contribution in [3.63, 3.8) is 0 Å². The molecule has 1 aromatic rings. The second kappa shape index (κ2) is 3.50. The Labute approximate surface area is 84.9 Å². The van der Waals surface area contributed by atoms with Gasteiger partial charge in [0.1, 0.15) is 18.8 Å². The Balaban J connectivity index is 2.15. The van der Waals surface area contributed by atoms with Crippen molar-refractivity contribution in [2.45, 2.75) is 12.3 Å². The summed E-state index contributed by atoms with van der Waals surface area (Å²) in [5, 5.41) is 8.97. The van der Waals surface area contributed by atoms with E-state index in [0.717, 1.165) is 18.8 Å². The number of quaternary nitrogens is 1. The van der Waals surface area contributed by atoms with Crippen LogP contribution in [0.4, 0.5) is 18.9 Å². The fourth-order valence-corrected chi connectivity index (χ4v) is 1.44. The van der Waals surface area contributed by atoms with Crippen molar-refractivity contribution in [3.8, 4) is 0 Å². The number of alkyl halides is 3. The van der Waals surface area contributed by atoms with Gasteiger partial charge in [-0.15, -0.1) is 0 Å². The molecule has 0 bridgehead atoms. The summed E-state index contributed by atoms with van der Waals surface area (Å²) < 4.78 is 36.5. The largest absolute Gasteiger partial charge is 0.418 e. The molecule has 1 aliphatic heterocycles. The first kappa shape index (κ1) is 10.4. The van der Waals surface area contributed by atoms with Crippen molar-refractivity contribution >= 4 is 5.69 Å². The first-order valence-corrected chi connectivity index (χ1v) is 4.68. The summed E-state index contributed by atoms with van der Waals surface area (Å²) in [4.78, 5) is 1.27. The van der Waals surface area contributed by atoms with E-state index in [-0.39, 0.29) is 5.56 Å². The summed E-state index contributed by atoms with van der Waals surface area (Å²) >= 11 is 0. The SMILES string of the molecule is OC(c1ccc([NH+]2CC2)cc1)C(F)(F)F. The van der Waals surface area contributed by atoms with Crippen molar-refractivity contribution < 1.29 is 23.2 Å². The van der Waals surface area contributed by atoms with E-state index in [2.05, 4.69) is 0 Å². The monoisotopic (exact) mass is 218 g/mol. The van der Waals surface area contributed by atoms with E-state index < -0.39 is 12.3 Å². The molecule has 1 saturated heterocycles. The van der Waals surface area contributed by atoms with E-state index in [1.165, 1.54) is 17.0 Å². The smallest absolute Gasteiger partial charge is 0.379 e. The molecule has 1 unspecified atom stereocenters. The highest BCUT2D eigenvalue weighted by Gasteiger charge is 2.39. The normalized spacial score (nSPS) is 18.9. The van der Waals surface area contributed by atoms with Crippen molar-refractivity contribution in [2.75, 3.05) is 13.1 Å². The van der Waals surface area contributed by atoms with Gasteiger partial charge in [-0.05, 0) is 17.7 Å². The summed E-state index contributed by atoms with van der Waals surface area (Å²) in [5.41, 5.74) is 0.876. The first-order valence-electron chi connectivity index (χ1n) is 4.68. The minimum atomic E-state index is -4.59. The van der Waals surface area contributed by atoms with Gasteiger partial charge in [0.2, 0.25) is 0 Å². The minimum Gasteiger partial charge on any atom is -0.379 e. The number of aliphatic hydroxyl groups excluding tert-OH is 1. The molecule has 1 aliphatic rings. The van der Waals surface area contributed by atoms with Crippen LogP contribution in [0.25, 0.3) is 0 Å². The van der Waals surface area contributed by atoms with Crippen molar-refractivity contribution in [1.82, 2.24) is 0 Å². The number of aliphatic hydroxyl groups is 1. The molecule has 0 aliphatic carbocycles. The highest BCUT2D eigenvalue weighted by molar-refractivity contribution is 5.34. The van der Waals surface area contributed by atoms with E-state index >= 15 is 0 Å². The zero-order valence-electron chi connectivity index (χ0n) is 7.88. The molecule has 15 heavy (non-hydrogen) atoms. The number of rotatable bonds is 2. The molecule has 82 valence electrons. The van der Waals surface area contributed by atoms with Gasteiger partial charge in [0.15, 0.2) is 6.10 Å². The fourth-order valence-electron chi connectivity index (χ4n) is 1.44. The van der Waals surface area contributed by atoms with E-state index in [4.69, 9.17) is 5.11 Å². The molecule has 0 aromatic heterocycles. The van der Waals surface area contributed by atoms with Gasteiger partial charge in [-0.2, -0.15) is 13.2 Å². The van der Waals surface area contributed by atoms with Gasteiger partial charge in [-0.25, -0.2) is 0 Å². The Bertz CT molecular complexity index is 343. The summed E-state index contributed by atoms with van der Waals surface area (Å²) in [7, 11) is 0.